The summed E-state index contributed by atoms with van der Waals surface area (Å²) in [5, 5.41) is 0.267. The molecule has 15 heavy (non-hydrogen) atoms. The lowest BCUT2D eigenvalue weighted by Crippen LogP contribution is -2.24. The van der Waals surface area contributed by atoms with Crippen LogP contribution in [0.25, 0.3) is 0 Å². The summed E-state index contributed by atoms with van der Waals surface area (Å²) in [5.41, 5.74) is 0. The quantitative estimate of drug-likeness (QED) is 0.909. The molecule has 0 saturated heterocycles. The van der Waals surface area contributed by atoms with Crippen molar-refractivity contribution in [3.63, 3.8) is 0 Å². The van der Waals surface area contributed by atoms with Gasteiger partial charge in [-0.2, -0.15) is 0 Å². The van der Waals surface area contributed by atoms with Crippen molar-refractivity contribution in [2.45, 2.75) is 18.7 Å². The highest BCUT2D eigenvalue weighted by atomic mass is 35.5. The van der Waals surface area contributed by atoms with Crippen LogP contribution in [0.4, 0.5) is 0 Å². The summed E-state index contributed by atoms with van der Waals surface area (Å²) in [6.45, 7) is 7.13. The monoisotopic (exact) mass is 265 g/mol. The predicted octanol–water partition coefficient (Wildman–Crippen LogP) is 2.40. The number of halogens is 1. The molecule has 3 nitrogen and oxygen atoms in total. The third kappa shape index (κ3) is 3.31. The van der Waals surface area contributed by atoms with E-state index in [1.807, 2.05) is 6.92 Å². The lowest BCUT2D eigenvalue weighted by molar-refractivity contribution is 0.585. The van der Waals surface area contributed by atoms with Crippen LogP contribution in [-0.4, -0.2) is 15.0 Å². The number of hydrogen-bond acceptors (Lipinski definition) is 3. The molecule has 0 spiro atoms. The lowest BCUT2D eigenvalue weighted by atomic mass is 10.4. The molecular formula is C9H12ClNO2S2. The second-order valence-electron chi connectivity index (χ2n) is 3.12. The Morgan fingerprint density at radius 1 is 1.60 bits per heavy atom. The smallest absolute Gasteiger partial charge is 0.207 e. The molecule has 1 rings (SSSR count). The first-order chi connectivity index (χ1) is 6.83. The van der Waals surface area contributed by atoms with E-state index >= 15 is 0 Å². The average Bonchev–Trinajstić information content (AvgIpc) is 2.43. The first kappa shape index (κ1) is 12.7. The summed E-state index contributed by atoms with van der Waals surface area (Å²) >= 11 is 6.95. The molecule has 0 radical (unpaired) electrons. The van der Waals surface area contributed by atoms with Crippen molar-refractivity contribution in [1.29, 1.82) is 0 Å². The van der Waals surface area contributed by atoms with Gasteiger partial charge in [0.15, 0.2) is 0 Å². The number of rotatable bonds is 4. The van der Waals surface area contributed by atoms with Gasteiger partial charge in [-0.15, -0.1) is 11.3 Å². The molecule has 0 amide bonds. The van der Waals surface area contributed by atoms with Gasteiger partial charge in [0.25, 0.3) is 0 Å². The fourth-order valence-electron chi connectivity index (χ4n) is 1.13. The summed E-state index contributed by atoms with van der Waals surface area (Å²) in [6, 6.07) is 1.65. The van der Waals surface area contributed by atoms with E-state index in [1.165, 1.54) is 11.3 Å². The molecule has 1 aromatic heterocycles. The second kappa shape index (κ2) is 4.65. The first-order valence-electron chi connectivity index (χ1n) is 4.23. The Bertz CT molecular complexity index is 476. The number of nitrogens with one attached hydrogen (secondary N) is 1. The van der Waals surface area contributed by atoms with Gasteiger partial charge in [0.2, 0.25) is 10.0 Å². The summed E-state index contributed by atoms with van der Waals surface area (Å²) < 4.78 is 25.9. The van der Waals surface area contributed by atoms with Gasteiger partial charge in [0.1, 0.15) is 0 Å². The molecule has 1 heterocycles. The molecule has 0 fully saturated rings. The lowest BCUT2D eigenvalue weighted by Gasteiger charge is -2.04. The van der Waals surface area contributed by atoms with Gasteiger partial charge in [0, 0.05) is 21.3 Å². The van der Waals surface area contributed by atoms with Crippen LogP contribution in [-0.2, 0) is 10.0 Å². The fraction of sp³-hybridized carbons (Fsp3) is 0.333. The Morgan fingerprint density at radius 2 is 2.20 bits per heavy atom. The Morgan fingerprint density at radius 3 is 2.60 bits per heavy atom. The van der Waals surface area contributed by atoms with E-state index in [0.717, 1.165) is 9.75 Å². The molecule has 0 aliphatic rings. The van der Waals surface area contributed by atoms with Gasteiger partial charge in [-0.3, -0.25) is 0 Å². The van der Waals surface area contributed by atoms with Crippen molar-refractivity contribution >= 4 is 33.0 Å². The summed E-state index contributed by atoms with van der Waals surface area (Å²) in [4.78, 5) is 2.07. The van der Waals surface area contributed by atoms with Crippen molar-refractivity contribution in [1.82, 2.24) is 4.72 Å². The van der Waals surface area contributed by atoms with Crippen LogP contribution < -0.4 is 4.72 Å². The third-order valence-corrected chi connectivity index (χ3v) is 4.50. The number of hydrogen-bond donors (Lipinski definition) is 1. The highest BCUT2D eigenvalue weighted by Crippen LogP contribution is 2.24. The Labute approximate surface area is 98.8 Å². The average molecular weight is 266 g/mol. The van der Waals surface area contributed by atoms with Crippen LogP contribution in [0.2, 0.25) is 0 Å². The number of thiophene rings is 1. The van der Waals surface area contributed by atoms with Gasteiger partial charge in [-0.1, -0.05) is 18.2 Å². The topological polar surface area (TPSA) is 46.2 Å². The van der Waals surface area contributed by atoms with Gasteiger partial charge >= 0.3 is 0 Å². The number of aryl methyl sites for hydroxylation is 2. The Hall–Kier alpha value is -0.360. The van der Waals surface area contributed by atoms with Crippen molar-refractivity contribution in [3.05, 3.63) is 27.4 Å². The molecule has 1 N–H and O–H groups in total. The molecule has 0 unspecified atom stereocenters. The number of sulfonamides is 1. The predicted molar refractivity (Wildman–Crippen MR) is 64.0 cm³/mol. The molecule has 0 atom stereocenters. The van der Waals surface area contributed by atoms with Crippen LogP contribution >= 0.6 is 22.9 Å². The molecule has 0 bridgehead atoms. The first-order valence-corrected chi connectivity index (χ1v) is 6.90. The molecule has 84 valence electrons. The minimum atomic E-state index is -3.45. The maximum absolute atomic E-state index is 11.8. The summed E-state index contributed by atoms with van der Waals surface area (Å²) in [5.74, 6) is 0. The second-order valence-corrected chi connectivity index (χ2v) is 6.85. The molecule has 1 aromatic rings. The zero-order chi connectivity index (χ0) is 11.6. The molecule has 6 heteroatoms. The minimum Gasteiger partial charge on any atom is -0.207 e. The fourth-order valence-corrected chi connectivity index (χ4v) is 3.85. The van der Waals surface area contributed by atoms with E-state index in [-0.39, 0.29) is 11.6 Å². The van der Waals surface area contributed by atoms with Crippen molar-refractivity contribution in [2.75, 3.05) is 6.54 Å². The summed E-state index contributed by atoms with van der Waals surface area (Å²) in [6.07, 6.45) is 0. The van der Waals surface area contributed by atoms with E-state index in [0.29, 0.717) is 4.90 Å². The third-order valence-electron chi connectivity index (χ3n) is 1.74. The maximum Gasteiger partial charge on any atom is 0.242 e. The normalized spacial score (nSPS) is 11.7. The molecule has 0 aliphatic heterocycles. The largest absolute Gasteiger partial charge is 0.242 e. The van der Waals surface area contributed by atoms with Gasteiger partial charge in [-0.05, 0) is 19.9 Å². The Kier molecular flexibility index (Phi) is 3.94. The van der Waals surface area contributed by atoms with E-state index in [4.69, 9.17) is 11.6 Å². The summed E-state index contributed by atoms with van der Waals surface area (Å²) in [7, 11) is -3.45. The minimum absolute atomic E-state index is 0.0538. The van der Waals surface area contributed by atoms with Crippen molar-refractivity contribution in [2.24, 2.45) is 0 Å². The van der Waals surface area contributed by atoms with Crippen LogP contribution in [0, 0.1) is 13.8 Å². The van der Waals surface area contributed by atoms with Crippen LogP contribution in [0.3, 0.4) is 0 Å². The van der Waals surface area contributed by atoms with E-state index in [9.17, 15) is 8.42 Å². The van der Waals surface area contributed by atoms with E-state index in [2.05, 4.69) is 11.3 Å². The van der Waals surface area contributed by atoms with Crippen LogP contribution in [0.5, 0.6) is 0 Å². The Balaban J connectivity index is 2.96. The van der Waals surface area contributed by atoms with E-state index < -0.39 is 10.0 Å². The molecule has 0 aromatic carbocycles. The van der Waals surface area contributed by atoms with Crippen LogP contribution in [0.1, 0.15) is 9.75 Å². The molecular weight excluding hydrogens is 254 g/mol. The molecule has 0 saturated carbocycles. The van der Waals surface area contributed by atoms with Crippen molar-refractivity contribution in [3.8, 4) is 0 Å². The standard InChI is InChI=1S/C9H12ClNO2S2/c1-6(10)5-11-15(12,13)9-4-7(2)14-8(9)3/h4,11H,1,5H2,2-3H3. The van der Waals surface area contributed by atoms with Gasteiger partial charge < -0.3 is 0 Å². The van der Waals surface area contributed by atoms with Gasteiger partial charge in [-0.25, -0.2) is 13.1 Å². The zero-order valence-electron chi connectivity index (χ0n) is 8.50. The maximum atomic E-state index is 11.8. The highest BCUT2D eigenvalue weighted by Gasteiger charge is 2.18. The van der Waals surface area contributed by atoms with E-state index in [1.54, 1.807) is 13.0 Å². The van der Waals surface area contributed by atoms with Gasteiger partial charge in [0.05, 0.1) is 4.90 Å². The van der Waals surface area contributed by atoms with Crippen molar-refractivity contribution < 1.29 is 8.42 Å². The van der Waals surface area contributed by atoms with Crippen LogP contribution in [0.15, 0.2) is 22.6 Å². The highest BCUT2D eigenvalue weighted by molar-refractivity contribution is 7.89. The SMILES string of the molecule is C=C(Cl)CNS(=O)(=O)c1cc(C)sc1C. The zero-order valence-corrected chi connectivity index (χ0v) is 10.9. The molecule has 0 aliphatic carbocycles.